The van der Waals surface area contributed by atoms with Gasteiger partial charge in [-0.2, -0.15) is 0 Å². The van der Waals surface area contributed by atoms with Gasteiger partial charge in [-0.15, -0.1) is 0 Å². The molecule has 0 aromatic heterocycles. The van der Waals surface area contributed by atoms with Crippen molar-refractivity contribution in [2.45, 2.75) is 57.9 Å². The number of hydrogen-bond donors (Lipinski definition) is 0. The summed E-state index contributed by atoms with van der Waals surface area (Å²) in [6.07, 6.45) is 3.09. The largest absolute Gasteiger partial charge is 0.348 e. The van der Waals surface area contributed by atoms with Gasteiger partial charge < -0.3 is 19.3 Å². The van der Waals surface area contributed by atoms with E-state index in [1.807, 2.05) is 23.6 Å². The summed E-state index contributed by atoms with van der Waals surface area (Å²) in [4.78, 5) is 28.7. The molecule has 0 aliphatic carbocycles. The Morgan fingerprint density at radius 2 is 1.95 bits per heavy atom. The minimum atomic E-state index is -0.289. The maximum Gasteiger partial charge on any atom is 0.228 e. The lowest BCUT2D eigenvalue weighted by Crippen LogP contribution is -2.52. The minimum absolute atomic E-state index is 0.00644. The first-order valence-corrected chi connectivity index (χ1v) is 8.41. The van der Waals surface area contributed by atoms with Crippen LogP contribution in [0.15, 0.2) is 0 Å². The zero-order valence-electron chi connectivity index (χ0n) is 13.5. The molecule has 3 saturated heterocycles. The highest BCUT2D eigenvalue weighted by molar-refractivity contribution is 5.89. The van der Waals surface area contributed by atoms with Crippen LogP contribution in [0.1, 0.15) is 39.5 Å². The molecule has 2 atom stereocenters. The fourth-order valence-corrected chi connectivity index (χ4v) is 3.74. The number of rotatable bonds is 3. The van der Waals surface area contributed by atoms with E-state index >= 15 is 0 Å². The molecule has 3 rings (SSSR count). The van der Waals surface area contributed by atoms with Gasteiger partial charge >= 0.3 is 0 Å². The highest BCUT2D eigenvalue weighted by atomic mass is 16.7. The van der Waals surface area contributed by atoms with Crippen molar-refractivity contribution in [2.24, 2.45) is 5.92 Å². The topological polar surface area (TPSA) is 59.1 Å². The molecule has 22 heavy (non-hydrogen) atoms. The Bertz CT molecular complexity index is 434. The highest BCUT2D eigenvalue weighted by Crippen LogP contribution is 2.29. The quantitative estimate of drug-likeness (QED) is 0.780. The highest BCUT2D eigenvalue weighted by Gasteiger charge is 2.42. The standard InChI is InChI=1S/C16H26N2O4/c1-11(2)18-10-12(9-14(18)19)15(20)17-6-4-3-5-13(17)16-21-7-8-22-16/h11-13,16H,3-10H2,1-2H3. The van der Waals surface area contributed by atoms with E-state index < -0.39 is 0 Å². The monoisotopic (exact) mass is 310 g/mol. The summed E-state index contributed by atoms with van der Waals surface area (Å²) in [7, 11) is 0. The first kappa shape index (κ1) is 15.7. The molecule has 6 heteroatoms. The van der Waals surface area contributed by atoms with Gasteiger partial charge in [0.15, 0.2) is 6.29 Å². The van der Waals surface area contributed by atoms with Crippen molar-refractivity contribution in [3.05, 3.63) is 0 Å². The second-order valence-electron chi connectivity index (χ2n) is 6.75. The molecule has 0 aromatic carbocycles. The Balaban J connectivity index is 1.68. The fraction of sp³-hybridized carbons (Fsp3) is 0.875. The van der Waals surface area contributed by atoms with E-state index in [9.17, 15) is 9.59 Å². The summed E-state index contributed by atoms with van der Waals surface area (Å²) >= 11 is 0. The first-order chi connectivity index (χ1) is 10.6. The van der Waals surface area contributed by atoms with Gasteiger partial charge in [0.05, 0.1) is 25.2 Å². The number of carbonyl (C=O) groups is 2. The van der Waals surface area contributed by atoms with Crippen molar-refractivity contribution < 1.29 is 19.1 Å². The number of nitrogens with zero attached hydrogens (tertiary/aromatic N) is 2. The van der Waals surface area contributed by atoms with Gasteiger partial charge in [-0.1, -0.05) is 0 Å². The zero-order valence-corrected chi connectivity index (χ0v) is 13.5. The third kappa shape index (κ3) is 2.99. The van der Waals surface area contributed by atoms with Crippen LogP contribution in [-0.2, 0) is 19.1 Å². The van der Waals surface area contributed by atoms with Crippen molar-refractivity contribution in [1.29, 1.82) is 0 Å². The average Bonchev–Trinajstić information content (AvgIpc) is 3.15. The molecule has 0 aromatic rings. The lowest BCUT2D eigenvalue weighted by molar-refractivity contribution is -0.154. The lowest BCUT2D eigenvalue weighted by atomic mass is 9.98. The number of amides is 2. The van der Waals surface area contributed by atoms with E-state index in [2.05, 4.69) is 0 Å². The van der Waals surface area contributed by atoms with Crippen LogP contribution in [0, 0.1) is 5.92 Å². The summed E-state index contributed by atoms with van der Waals surface area (Å²) < 4.78 is 11.2. The summed E-state index contributed by atoms with van der Waals surface area (Å²) in [6.45, 7) is 6.49. The van der Waals surface area contributed by atoms with Crippen LogP contribution in [0.25, 0.3) is 0 Å². The first-order valence-electron chi connectivity index (χ1n) is 8.41. The van der Waals surface area contributed by atoms with E-state index in [1.54, 1.807) is 0 Å². The van der Waals surface area contributed by atoms with Crippen LogP contribution < -0.4 is 0 Å². The Morgan fingerprint density at radius 3 is 2.59 bits per heavy atom. The Labute approximate surface area is 131 Å². The van der Waals surface area contributed by atoms with Gasteiger partial charge in [0.2, 0.25) is 11.8 Å². The Kier molecular flexibility index (Phi) is 4.68. The van der Waals surface area contributed by atoms with Crippen molar-refractivity contribution in [2.75, 3.05) is 26.3 Å². The van der Waals surface area contributed by atoms with Crippen LogP contribution in [0.5, 0.6) is 0 Å². The third-order valence-electron chi connectivity index (χ3n) is 4.93. The van der Waals surface area contributed by atoms with Crippen molar-refractivity contribution in [3.8, 4) is 0 Å². The maximum absolute atomic E-state index is 12.9. The molecule has 0 radical (unpaired) electrons. The minimum Gasteiger partial charge on any atom is -0.348 e. The smallest absolute Gasteiger partial charge is 0.228 e. The van der Waals surface area contributed by atoms with Crippen molar-refractivity contribution in [1.82, 2.24) is 9.80 Å². The fourth-order valence-electron chi connectivity index (χ4n) is 3.74. The molecule has 3 heterocycles. The number of hydrogen-bond acceptors (Lipinski definition) is 4. The predicted octanol–water partition coefficient (Wildman–Crippen LogP) is 0.997. The molecule has 3 fully saturated rings. The number of likely N-dealkylation sites (tertiary alicyclic amines) is 2. The molecule has 0 N–H and O–H groups in total. The van der Waals surface area contributed by atoms with Gasteiger partial charge in [-0.25, -0.2) is 0 Å². The molecular formula is C16H26N2O4. The van der Waals surface area contributed by atoms with Gasteiger partial charge in [0, 0.05) is 25.6 Å². The summed E-state index contributed by atoms with van der Waals surface area (Å²) in [5.74, 6) is -0.0209. The van der Waals surface area contributed by atoms with Crippen LogP contribution >= 0.6 is 0 Å². The van der Waals surface area contributed by atoms with Crippen LogP contribution in [0.2, 0.25) is 0 Å². The lowest BCUT2D eigenvalue weighted by Gasteiger charge is -2.39. The zero-order chi connectivity index (χ0) is 15.7. The Hall–Kier alpha value is -1.14. The third-order valence-corrected chi connectivity index (χ3v) is 4.93. The van der Waals surface area contributed by atoms with Crippen LogP contribution in [-0.4, -0.2) is 66.3 Å². The van der Waals surface area contributed by atoms with Crippen LogP contribution in [0.4, 0.5) is 0 Å². The van der Waals surface area contributed by atoms with E-state index in [0.717, 1.165) is 25.8 Å². The molecule has 3 aliphatic heterocycles. The summed E-state index contributed by atoms with van der Waals surface area (Å²) in [5.41, 5.74) is 0. The van der Waals surface area contributed by atoms with E-state index in [1.165, 1.54) is 0 Å². The normalized spacial score (nSPS) is 30.6. The van der Waals surface area contributed by atoms with E-state index in [4.69, 9.17) is 9.47 Å². The molecular weight excluding hydrogens is 284 g/mol. The summed E-state index contributed by atoms with van der Waals surface area (Å²) in [5, 5.41) is 0. The van der Waals surface area contributed by atoms with Crippen molar-refractivity contribution in [3.63, 3.8) is 0 Å². The molecule has 0 saturated carbocycles. The predicted molar refractivity (Wildman–Crippen MR) is 80.0 cm³/mol. The SMILES string of the molecule is CC(C)N1CC(C(=O)N2CCCCC2C2OCCO2)CC1=O. The second kappa shape index (κ2) is 6.54. The molecule has 3 aliphatic rings. The van der Waals surface area contributed by atoms with E-state index in [-0.39, 0.29) is 36.1 Å². The Morgan fingerprint density at radius 1 is 1.23 bits per heavy atom. The number of carbonyl (C=O) groups excluding carboxylic acids is 2. The van der Waals surface area contributed by atoms with Crippen LogP contribution in [0.3, 0.4) is 0 Å². The maximum atomic E-state index is 12.9. The number of piperidine rings is 1. The second-order valence-corrected chi connectivity index (χ2v) is 6.75. The van der Waals surface area contributed by atoms with Gasteiger partial charge in [0.25, 0.3) is 0 Å². The molecule has 0 bridgehead atoms. The molecule has 6 nitrogen and oxygen atoms in total. The average molecular weight is 310 g/mol. The molecule has 0 spiro atoms. The summed E-state index contributed by atoms with van der Waals surface area (Å²) in [6, 6.07) is 0.163. The molecule has 124 valence electrons. The van der Waals surface area contributed by atoms with Crippen molar-refractivity contribution >= 4 is 11.8 Å². The molecule has 2 unspecified atom stereocenters. The van der Waals surface area contributed by atoms with Gasteiger partial charge in [0.1, 0.15) is 0 Å². The molecule has 2 amide bonds. The number of ether oxygens (including phenoxy) is 2. The van der Waals surface area contributed by atoms with Gasteiger partial charge in [-0.05, 0) is 33.1 Å². The van der Waals surface area contributed by atoms with E-state index in [0.29, 0.717) is 26.2 Å². The van der Waals surface area contributed by atoms with Gasteiger partial charge in [-0.3, -0.25) is 9.59 Å².